The van der Waals surface area contributed by atoms with Gasteiger partial charge in [-0.2, -0.15) is 5.10 Å². The van der Waals surface area contributed by atoms with E-state index in [9.17, 15) is 4.79 Å². The number of hydrogen-bond acceptors (Lipinski definition) is 3. The Labute approximate surface area is 108 Å². The van der Waals surface area contributed by atoms with Gasteiger partial charge in [0.15, 0.2) is 5.65 Å². The summed E-state index contributed by atoms with van der Waals surface area (Å²) < 4.78 is 3.28. The molecule has 2 aromatic rings. The van der Waals surface area contributed by atoms with Crippen LogP contribution in [0.25, 0.3) is 11.0 Å². The van der Waals surface area contributed by atoms with Crippen LogP contribution >= 0.6 is 15.9 Å². The molecule has 0 atom stereocenters. The fraction of sp³-hybridized carbons (Fsp3) is 0.545. The van der Waals surface area contributed by atoms with Crippen molar-refractivity contribution in [1.82, 2.24) is 19.3 Å². The highest BCUT2D eigenvalue weighted by Crippen LogP contribution is 2.04. The highest BCUT2D eigenvalue weighted by atomic mass is 79.9. The van der Waals surface area contributed by atoms with Crippen molar-refractivity contribution in [2.45, 2.75) is 25.8 Å². The molecule has 0 amide bonds. The van der Waals surface area contributed by atoms with Crippen molar-refractivity contribution in [3.05, 3.63) is 22.9 Å². The smallest absolute Gasteiger partial charge is 0.264 e. The van der Waals surface area contributed by atoms with Crippen molar-refractivity contribution in [3.63, 3.8) is 0 Å². The average molecular weight is 299 g/mol. The van der Waals surface area contributed by atoms with Crippen molar-refractivity contribution >= 4 is 27.0 Å². The third-order valence-corrected chi connectivity index (χ3v) is 3.31. The fourth-order valence-electron chi connectivity index (χ4n) is 1.78. The Morgan fingerprint density at radius 3 is 2.94 bits per heavy atom. The molecule has 2 rings (SSSR count). The van der Waals surface area contributed by atoms with Crippen LogP contribution in [0.1, 0.15) is 19.3 Å². The molecule has 0 aliphatic heterocycles. The first-order chi connectivity index (χ1) is 8.24. The molecule has 0 saturated carbocycles. The first-order valence-electron chi connectivity index (χ1n) is 5.67. The highest BCUT2D eigenvalue weighted by molar-refractivity contribution is 9.09. The molecule has 2 aromatic heterocycles. The Balaban J connectivity index is 2.18. The molecular weight excluding hydrogens is 284 g/mol. The maximum absolute atomic E-state index is 12.1. The van der Waals surface area contributed by atoms with Crippen LogP contribution in [0.4, 0.5) is 0 Å². The second-order valence-electron chi connectivity index (χ2n) is 4.00. The van der Waals surface area contributed by atoms with Gasteiger partial charge >= 0.3 is 0 Å². The molecule has 17 heavy (non-hydrogen) atoms. The van der Waals surface area contributed by atoms with Gasteiger partial charge in [-0.3, -0.25) is 14.0 Å². The monoisotopic (exact) mass is 298 g/mol. The number of aromatic nitrogens is 4. The Morgan fingerprint density at radius 1 is 1.35 bits per heavy atom. The van der Waals surface area contributed by atoms with E-state index in [1.54, 1.807) is 28.8 Å². The first-order valence-corrected chi connectivity index (χ1v) is 6.79. The number of halogens is 1. The molecule has 0 aromatic carbocycles. The van der Waals surface area contributed by atoms with Gasteiger partial charge in [0.05, 0.1) is 12.5 Å². The number of hydrogen-bond donors (Lipinski definition) is 0. The standard InChI is InChI=1S/C11H15BrN4O/c1-15-10-9(7-14-15)11(17)16(8-13-10)6-4-2-3-5-12/h7-8H,2-6H2,1H3. The van der Waals surface area contributed by atoms with Gasteiger partial charge in [-0.05, 0) is 12.8 Å². The summed E-state index contributed by atoms with van der Waals surface area (Å²) >= 11 is 3.39. The van der Waals surface area contributed by atoms with Crippen LogP contribution in [0.5, 0.6) is 0 Å². The van der Waals surface area contributed by atoms with Crippen LogP contribution in [-0.2, 0) is 13.6 Å². The van der Waals surface area contributed by atoms with E-state index in [0.29, 0.717) is 11.0 Å². The second-order valence-corrected chi connectivity index (χ2v) is 4.79. The van der Waals surface area contributed by atoms with E-state index in [2.05, 4.69) is 26.0 Å². The summed E-state index contributed by atoms with van der Waals surface area (Å²) in [5.74, 6) is 0. The largest absolute Gasteiger partial charge is 0.299 e. The van der Waals surface area contributed by atoms with Gasteiger partial charge in [-0.1, -0.05) is 22.4 Å². The van der Waals surface area contributed by atoms with Gasteiger partial charge in [0.1, 0.15) is 5.39 Å². The fourth-order valence-corrected chi connectivity index (χ4v) is 2.18. The number of fused-ring (bicyclic) bond motifs is 1. The summed E-state index contributed by atoms with van der Waals surface area (Å²) in [6.07, 6.45) is 6.44. The molecule has 0 bridgehead atoms. The van der Waals surface area contributed by atoms with Crippen LogP contribution in [0.2, 0.25) is 0 Å². The molecule has 0 spiro atoms. The topological polar surface area (TPSA) is 52.7 Å². The lowest BCUT2D eigenvalue weighted by molar-refractivity contribution is 0.585. The summed E-state index contributed by atoms with van der Waals surface area (Å²) in [5, 5.41) is 5.65. The minimum absolute atomic E-state index is 0.00180. The summed E-state index contributed by atoms with van der Waals surface area (Å²) in [6.45, 7) is 0.726. The van der Waals surface area contributed by atoms with Crippen LogP contribution in [0.3, 0.4) is 0 Å². The molecular formula is C11H15BrN4O. The summed E-state index contributed by atoms with van der Waals surface area (Å²) in [6, 6.07) is 0. The predicted octanol–water partition coefficient (Wildman–Crippen LogP) is 1.70. The zero-order valence-corrected chi connectivity index (χ0v) is 11.4. The van der Waals surface area contributed by atoms with E-state index >= 15 is 0 Å². The van der Waals surface area contributed by atoms with E-state index in [-0.39, 0.29) is 5.56 Å². The van der Waals surface area contributed by atoms with Crippen LogP contribution < -0.4 is 5.56 Å². The minimum Gasteiger partial charge on any atom is -0.299 e. The maximum atomic E-state index is 12.1. The Morgan fingerprint density at radius 2 is 2.18 bits per heavy atom. The molecule has 0 saturated heterocycles. The van der Waals surface area contributed by atoms with Crippen LogP contribution in [-0.4, -0.2) is 24.7 Å². The third kappa shape index (κ3) is 2.57. The first kappa shape index (κ1) is 12.3. The number of rotatable bonds is 5. The highest BCUT2D eigenvalue weighted by Gasteiger charge is 2.07. The summed E-state index contributed by atoms with van der Waals surface area (Å²) in [4.78, 5) is 16.3. The predicted molar refractivity (Wildman–Crippen MR) is 70.4 cm³/mol. The van der Waals surface area contributed by atoms with Crippen molar-refractivity contribution in [2.24, 2.45) is 7.05 Å². The molecule has 2 heterocycles. The number of nitrogens with zero attached hydrogens (tertiary/aromatic N) is 4. The van der Waals surface area contributed by atoms with E-state index in [0.717, 1.165) is 31.1 Å². The maximum Gasteiger partial charge on any atom is 0.264 e. The SMILES string of the molecule is Cn1ncc2c(=O)n(CCCCCBr)cnc21. The van der Waals surface area contributed by atoms with E-state index in [1.807, 2.05) is 0 Å². The molecule has 0 N–H and O–H groups in total. The van der Waals surface area contributed by atoms with Crippen LogP contribution in [0, 0.1) is 0 Å². The Kier molecular flexibility index (Phi) is 3.93. The van der Waals surface area contributed by atoms with E-state index in [4.69, 9.17) is 0 Å². The number of aryl methyl sites for hydroxylation is 2. The van der Waals surface area contributed by atoms with Crippen molar-refractivity contribution < 1.29 is 0 Å². The van der Waals surface area contributed by atoms with Crippen molar-refractivity contribution in [2.75, 3.05) is 5.33 Å². The van der Waals surface area contributed by atoms with Gasteiger partial charge in [0, 0.05) is 18.9 Å². The molecule has 92 valence electrons. The van der Waals surface area contributed by atoms with Crippen molar-refractivity contribution in [1.29, 1.82) is 0 Å². The lowest BCUT2D eigenvalue weighted by atomic mass is 10.2. The minimum atomic E-state index is 0.00180. The number of alkyl halides is 1. The third-order valence-electron chi connectivity index (χ3n) is 2.75. The quantitative estimate of drug-likeness (QED) is 0.623. The van der Waals surface area contributed by atoms with Crippen molar-refractivity contribution in [3.8, 4) is 0 Å². The molecule has 0 aliphatic rings. The van der Waals surface area contributed by atoms with Gasteiger partial charge in [-0.25, -0.2) is 4.98 Å². The Bertz CT molecular complexity index is 560. The van der Waals surface area contributed by atoms with E-state index < -0.39 is 0 Å². The second kappa shape index (κ2) is 5.44. The normalized spacial score (nSPS) is 11.2. The Hall–Kier alpha value is -1.17. The van der Waals surface area contributed by atoms with Crippen LogP contribution in [0.15, 0.2) is 17.3 Å². The lowest BCUT2D eigenvalue weighted by Gasteiger charge is -2.04. The van der Waals surface area contributed by atoms with Gasteiger partial charge in [0.2, 0.25) is 0 Å². The van der Waals surface area contributed by atoms with Gasteiger partial charge in [-0.15, -0.1) is 0 Å². The van der Waals surface area contributed by atoms with Gasteiger partial charge < -0.3 is 0 Å². The molecule has 5 nitrogen and oxygen atoms in total. The number of unbranched alkanes of at least 4 members (excludes halogenated alkanes) is 2. The molecule has 0 aliphatic carbocycles. The van der Waals surface area contributed by atoms with Gasteiger partial charge in [0.25, 0.3) is 5.56 Å². The summed E-state index contributed by atoms with van der Waals surface area (Å²) in [5.41, 5.74) is 0.647. The zero-order chi connectivity index (χ0) is 12.3. The molecule has 0 fully saturated rings. The average Bonchev–Trinajstić information content (AvgIpc) is 2.70. The molecule has 0 unspecified atom stereocenters. The van der Waals surface area contributed by atoms with E-state index in [1.165, 1.54) is 0 Å². The molecule has 6 heteroatoms. The zero-order valence-electron chi connectivity index (χ0n) is 9.77. The molecule has 0 radical (unpaired) electrons. The summed E-state index contributed by atoms with van der Waals surface area (Å²) in [7, 11) is 1.79. The lowest BCUT2D eigenvalue weighted by Crippen LogP contribution is -2.20.